The molecule has 0 aliphatic rings. The summed E-state index contributed by atoms with van der Waals surface area (Å²) in [6, 6.07) is 3.53. The zero-order valence-corrected chi connectivity index (χ0v) is 13.5. The topological polar surface area (TPSA) is 91.0 Å². The van der Waals surface area contributed by atoms with Gasteiger partial charge in [0, 0.05) is 5.41 Å². The lowest BCUT2D eigenvalue weighted by molar-refractivity contribution is 0.363. The van der Waals surface area contributed by atoms with Gasteiger partial charge in [0.2, 0.25) is 5.89 Å². The van der Waals surface area contributed by atoms with E-state index in [4.69, 9.17) is 13.4 Å². The van der Waals surface area contributed by atoms with Crippen molar-refractivity contribution < 1.29 is 13.4 Å². The Labute approximate surface area is 131 Å². The molecule has 1 atom stereocenters. The Hall–Kier alpha value is -2.09. The quantitative estimate of drug-likeness (QED) is 0.669. The van der Waals surface area contributed by atoms with Crippen LogP contribution in [0.3, 0.4) is 0 Å². The number of furan rings is 1. The van der Waals surface area contributed by atoms with Gasteiger partial charge in [-0.25, -0.2) is 0 Å². The second-order valence-corrected chi connectivity index (χ2v) is 7.11. The van der Waals surface area contributed by atoms with Gasteiger partial charge in [0.15, 0.2) is 11.6 Å². The monoisotopic (exact) mass is 320 g/mol. The maximum Gasteiger partial charge on any atom is 0.284 e. The fourth-order valence-electron chi connectivity index (χ4n) is 1.66. The molecule has 0 radical (unpaired) electrons. The Bertz CT molecular complexity index is 742. The van der Waals surface area contributed by atoms with Crippen molar-refractivity contribution in [3.05, 3.63) is 30.1 Å². The van der Waals surface area contributed by atoms with E-state index in [0.29, 0.717) is 28.6 Å². The number of thioether (sulfide) groups is 1. The first-order valence-electron chi connectivity index (χ1n) is 6.81. The lowest BCUT2D eigenvalue weighted by Crippen LogP contribution is -2.13. The van der Waals surface area contributed by atoms with Crippen molar-refractivity contribution in [2.24, 2.45) is 0 Å². The molecule has 1 unspecified atom stereocenters. The number of rotatable bonds is 4. The minimum Gasteiger partial charge on any atom is -0.459 e. The normalized spacial score (nSPS) is 13.5. The van der Waals surface area contributed by atoms with E-state index >= 15 is 0 Å². The Balaban J connectivity index is 1.72. The molecule has 3 heterocycles. The van der Waals surface area contributed by atoms with Gasteiger partial charge in [-0.2, -0.15) is 4.98 Å². The van der Waals surface area contributed by atoms with E-state index in [-0.39, 0.29) is 10.7 Å². The van der Waals surface area contributed by atoms with E-state index in [1.54, 1.807) is 18.4 Å². The number of hydrogen-bond donors (Lipinski definition) is 0. The summed E-state index contributed by atoms with van der Waals surface area (Å²) in [6.45, 7) is 8.05. The van der Waals surface area contributed by atoms with Crippen LogP contribution in [0, 0.1) is 0 Å². The van der Waals surface area contributed by atoms with Crippen LogP contribution in [0.15, 0.2) is 37.0 Å². The third-order valence-corrected chi connectivity index (χ3v) is 3.80. The molecule has 0 spiro atoms. The van der Waals surface area contributed by atoms with E-state index in [9.17, 15) is 0 Å². The zero-order valence-electron chi connectivity index (χ0n) is 12.7. The van der Waals surface area contributed by atoms with E-state index in [2.05, 4.69) is 20.3 Å². The second kappa shape index (κ2) is 5.60. The van der Waals surface area contributed by atoms with Crippen molar-refractivity contribution in [1.82, 2.24) is 20.3 Å². The summed E-state index contributed by atoms with van der Waals surface area (Å²) < 4.78 is 16.1. The average Bonchev–Trinajstić information content (AvgIpc) is 3.19. The number of hydrogen-bond acceptors (Lipinski definition) is 8. The molecule has 0 aliphatic heterocycles. The van der Waals surface area contributed by atoms with Gasteiger partial charge in [0.25, 0.3) is 11.1 Å². The molecule has 116 valence electrons. The van der Waals surface area contributed by atoms with Crippen LogP contribution < -0.4 is 0 Å². The highest BCUT2D eigenvalue weighted by molar-refractivity contribution is 7.99. The fourth-order valence-corrected chi connectivity index (χ4v) is 2.38. The summed E-state index contributed by atoms with van der Waals surface area (Å²) in [5, 5.41) is 12.3. The second-order valence-electron chi connectivity index (χ2n) is 5.82. The van der Waals surface area contributed by atoms with Crippen LogP contribution in [0.25, 0.3) is 11.7 Å². The van der Waals surface area contributed by atoms with Gasteiger partial charge in [-0.15, -0.1) is 10.2 Å². The zero-order chi connectivity index (χ0) is 15.7. The maximum atomic E-state index is 5.55. The molecule has 0 amide bonds. The van der Waals surface area contributed by atoms with Crippen molar-refractivity contribution in [2.45, 2.75) is 43.6 Å². The summed E-state index contributed by atoms with van der Waals surface area (Å²) in [5.74, 6) is 2.10. The van der Waals surface area contributed by atoms with Gasteiger partial charge in [-0.3, -0.25) is 0 Å². The molecular formula is C14H16N4O3S. The van der Waals surface area contributed by atoms with Gasteiger partial charge in [0.1, 0.15) is 0 Å². The molecule has 0 aromatic carbocycles. The smallest absolute Gasteiger partial charge is 0.284 e. The molecule has 0 bridgehead atoms. The van der Waals surface area contributed by atoms with Gasteiger partial charge in [-0.05, 0) is 19.1 Å². The molecule has 0 aliphatic carbocycles. The van der Waals surface area contributed by atoms with Gasteiger partial charge in [0.05, 0.1) is 11.5 Å². The van der Waals surface area contributed by atoms with Crippen LogP contribution in [0.5, 0.6) is 0 Å². The molecule has 0 N–H and O–H groups in total. The Morgan fingerprint density at radius 1 is 1.23 bits per heavy atom. The first-order chi connectivity index (χ1) is 10.4. The maximum absolute atomic E-state index is 5.55. The van der Waals surface area contributed by atoms with E-state index in [1.165, 1.54) is 11.8 Å². The SMILES string of the molecule is CC(Sc1nnc(-c2ccco2)o1)c1nc(C(C)(C)C)no1. The molecule has 3 aromatic heterocycles. The third-order valence-electron chi connectivity index (χ3n) is 2.88. The summed E-state index contributed by atoms with van der Waals surface area (Å²) in [6.07, 6.45) is 1.56. The van der Waals surface area contributed by atoms with Crippen molar-refractivity contribution in [2.75, 3.05) is 0 Å². The highest BCUT2D eigenvalue weighted by atomic mass is 32.2. The van der Waals surface area contributed by atoms with Crippen molar-refractivity contribution in [3.63, 3.8) is 0 Å². The van der Waals surface area contributed by atoms with Crippen molar-refractivity contribution in [1.29, 1.82) is 0 Å². The molecule has 7 nitrogen and oxygen atoms in total. The predicted molar refractivity (Wildman–Crippen MR) is 79.3 cm³/mol. The van der Waals surface area contributed by atoms with Gasteiger partial charge < -0.3 is 13.4 Å². The van der Waals surface area contributed by atoms with Gasteiger partial charge >= 0.3 is 0 Å². The van der Waals surface area contributed by atoms with Crippen LogP contribution in [-0.2, 0) is 5.41 Å². The van der Waals surface area contributed by atoms with E-state index in [1.807, 2.05) is 27.7 Å². The first kappa shape index (κ1) is 14.8. The Morgan fingerprint density at radius 2 is 2.05 bits per heavy atom. The third kappa shape index (κ3) is 3.06. The summed E-state index contributed by atoms with van der Waals surface area (Å²) in [7, 11) is 0. The Morgan fingerprint density at radius 3 is 2.68 bits per heavy atom. The number of aromatic nitrogens is 4. The lowest BCUT2D eigenvalue weighted by Gasteiger charge is -2.11. The van der Waals surface area contributed by atoms with Crippen LogP contribution in [0.4, 0.5) is 0 Å². The van der Waals surface area contributed by atoms with E-state index in [0.717, 1.165) is 0 Å². The van der Waals surface area contributed by atoms with Crippen molar-refractivity contribution >= 4 is 11.8 Å². The highest BCUT2D eigenvalue weighted by Crippen LogP contribution is 2.35. The first-order valence-corrected chi connectivity index (χ1v) is 7.69. The number of nitrogens with zero attached hydrogens (tertiary/aromatic N) is 4. The van der Waals surface area contributed by atoms with Gasteiger partial charge in [-0.1, -0.05) is 37.7 Å². The molecule has 0 fully saturated rings. The molecule has 0 saturated carbocycles. The van der Waals surface area contributed by atoms with Crippen molar-refractivity contribution in [3.8, 4) is 11.7 Å². The largest absolute Gasteiger partial charge is 0.459 e. The average molecular weight is 320 g/mol. The summed E-state index contributed by atoms with van der Waals surface area (Å²) >= 11 is 1.36. The minimum atomic E-state index is -0.150. The molecule has 22 heavy (non-hydrogen) atoms. The molecule has 8 heteroatoms. The van der Waals surface area contributed by atoms with Crippen LogP contribution in [0.1, 0.15) is 44.7 Å². The molecule has 3 rings (SSSR count). The lowest BCUT2D eigenvalue weighted by atomic mass is 9.96. The van der Waals surface area contributed by atoms with Crippen LogP contribution in [0.2, 0.25) is 0 Å². The minimum absolute atomic E-state index is 0.0894. The molecule has 3 aromatic rings. The Kier molecular flexibility index (Phi) is 3.78. The standard InChI is InChI=1S/C14H16N4O3S/c1-8(10-15-12(18-21-10)14(2,3)4)22-13-17-16-11(20-13)9-6-5-7-19-9/h5-8H,1-4H3. The summed E-state index contributed by atoms with van der Waals surface area (Å²) in [5.41, 5.74) is -0.150. The fraction of sp³-hybridized carbons (Fsp3) is 0.429. The highest BCUT2D eigenvalue weighted by Gasteiger charge is 2.24. The molecular weight excluding hydrogens is 304 g/mol. The predicted octanol–water partition coefficient (Wildman–Crippen LogP) is 3.86. The van der Waals surface area contributed by atoms with Crippen LogP contribution in [-0.4, -0.2) is 20.3 Å². The molecule has 0 saturated heterocycles. The van der Waals surface area contributed by atoms with Crippen LogP contribution >= 0.6 is 11.8 Å². The van der Waals surface area contributed by atoms with E-state index < -0.39 is 0 Å². The summed E-state index contributed by atoms with van der Waals surface area (Å²) in [4.78, 5) is 4.43.